The third-order valence-electron chi connectivity index (χ3n) is 3.45. The standard InChI is InChI=1S/C16H20N2O/c1-10-7-14(15(19-3)8-11(10)2)16(18)12-5-4-6-13(17)9-12/h4-9,16H,17-18H2,1-3H3. The van der Waals surface area contributed by atoms with Crippen LogP contribution in [0.15, 0.2) is 36.4 Å². The molecule has 0 radical (unpaired) electrons. The highest BCUT2D eigenvalue weighted by atomic mass is 16.5. The van der Waals surface area contributed by atoms with Crippen molar-refractivity contribution in [2.75, 3.05) is 12.8 Å². The fourth-order valence-corrected chi connectivity index (χ4v) is 2.16. The fourth-order valence-electron chi connectivity index (χ4n) is 2.16. The minimum atomic E-state index is -0.238. The Hall–Kier alpha value is -2.00. The van der Waals surface area contributed by atoms with Crippen molar-refractivity contribution in [1.29, 1.82) is 0 Å². The lowest BCUT2D eigenvalue weighted by Gasteiger charge is -2.18. The van der Waals surface area contributed by atoms with E-state index >= 15 is 0 Å². The molecule has 0 aliphatic rings. The van der Waals surface area contributed by atoms with Gasteiger partial charge in [0.2, 0.25) is 0 Å². The minimum Gasteiger partial charge on any atom is -0.496 e. The van der Waals surface area contributed by atoms with Gasteiger partial charge in [-0.1, -0.05) is 18.2 Å². The molecule has 2 aromatic rings. The molecule has 0 aliphatic carbocycles. The van der Waals surface area contributed by atoms with Crippen molar-refractivity contribution in [1.82, 2.24) is 0 Å². The highest BCUT2D eigenvalue weighted by molar-refractivity contribution is 5.49. The summed E-state index contributed by atoms with van der Waals surface area (Å²) in [6, 6.07) is 11.5. The number of nitrogens with two attached hydrogens (primary N) is 2. The number of rotatable bonds is 3. The van der Waals surface area contributed by atoms with Gasteiger partial charge in [-0.25, -0.2) is 0 Å². The van der Waals surface area contributed by atoms with Crippen molar-refractivity contribution in [3.8, 4) is 5.75 Å². The quantitative estimate of drug-likeness (QED) is 0.830. The normalized spacial score (nSPS) is 12.2. The van der Waals surface area contributed by atoms with Crippen LogP contribution in [0.3, 0.4) is 0 Å². The second-order valence-corrected chi connectivity index (χ2v) is 4.83. The molecule has 0 aromatic heterocycles. The number of hydrogen-bond acceptors (Lipinski definition) is 3. The lowest BCUT2D eigenvalue weighted by Crippen LogP contribution is -2.14. The average Bonchev–Trinajstić information content (AvgIpc) is 2.40. The molecule has 1 atom stereocenters. The molecule has 0 amide bonds. The molecule has 0 heterocycles. The molecule has 4 N–H and O–H groups in total. The largest absolute Gasteiger partial charge is 0.496 e. The molecule has 3 nitrogen and oxygen atoms in total. The Morgan fingerprint density at radius 1 is 1.05 bits per heavy atom. The number of benzene rings is 2. The van der Waals surface area contributed by atoms with Crippen LogP contribution in [-0.4, -0.2) is 7.11 Å². The molecule has 0 fully saturated rings. The van der Waals surface area contributed by atoms with Crippen LogP contribution in [0.2, 0.25) is 0 Å². The summed E-state index contributed by atoms with van der Waals surface area (Å²) in [6.07, 6.45) is 0. The summed E-state index contributed by atoms with van der Waals surface area (Å²) in [7, 11) is 1.67. The zero-order valence-electron chi connectivity index (χ0n) is 11.6. The lowest BCUT2D eigenvalue weighted by atomic mass is 9.95. The van der Waals surface area contributed by atoms with Crippen LogP contribution in [0.5, 0.6) is 5.75 Å². The minimum absolute atomic E-state index is 0.238. The summed E-state index contributed by atoms with van der Waals surface area (Å²) in [5.74, 6) is 0.818. The molecule has 19 heavy (non-hydrogen) atoms. The predicted octanol–water partition coefficient (Wildman–Crippen LogP) is 2.94. The topological polar surface area (TPSA) is 61.3 Å². The van der Waals surface area contributed by atoms with E-state index in [-0.39, 0.29) is 6.04 Å². The SMILES string of the molecule is COc1cc(C)c(C)cc1C(N)c1cccc(N)c1. The van der Waals surface area contributed by atoms with Crippen molar-refractivity contribution in [2.24, 2.45) is 5.73 Å². The second kappa shape index (κ2) is 5.33. The van der Waals surface area contributed by atoms with Gasteiger partial charge < -0.3 is 16.2 Å². The first-order chi connectivity index (χ1) is 9.02. The van der Waals surface area contributed by atoms with Crippen LogP contribution in [0.1, 0.15) is 28.3 Å². The Morgan fingerprint density at radius 2 is 1.74 bits per heavy atom. The summed E-state index contributed by atoms with van der Waals surface area (Å²) in [4.78, 5) is 0. The Kier molecular flexibility index (Phi) is 3.76. The molecule has 2 aromatic carbocycles. The Labute approximate surface area is 114 Å². The second-order valence-electron chi connectivity index (χ2n) is 4.83. The summed E-state index contributed by atoms with van der Waals surface area (Å²) >= 11 is 0. The van der Waals surface area contributed by atoms with Crippen LogP contribution in [0.25, 0.3) is 0 Å². The van der Waals surface area contributed by atoms with E-state index in [0.717, 1.165) is 22.6 Å². The van der Waals surface area contributed by atoms with Crippen LogP contribution >= 0.6 is 0 Å². The molecular formula is C16H20N2O. The van der Waals surface area contributed by atoms with Gasteiger partial charge in [-0.15, -0.1) is 0 Å². The average molecular weight is 256 g/mol. The third-order valence-corrected chi connectivity index (χ3v) is 3.45. The molecule has 0 spiro atoms. The van der Waals surface area contributed by atoms with E-state index in [1.54, 1.807) is 7.11 Å². The zero-order valence-corrected chi connectivity index (χ0v) is 11.6. The molecule has 100 valence electrons. The van der Waals surface area contributed by atoms with E-state index in [4.69, 9.17) is 16.2 Å². The first kappa shape index (κ1) is 13.4. The summed E-state index contributed by atoms with van der Waals surface area (Å²) < 4.78 is 5.44. The lowest BCUT2D eigenvalue weighted by molar-refractivity contribution is 0.407. The van der Waals surface area contributed by atoms with Gasteiger partial charge in [-0.2, -0.15) is 0 Å². The first-order valence-electron chi connectivity index (χ1n) is 6.29. The number of ether oxygens (including phenoxy) is 1. The van der Waals surface area contributed by atoms with Crippen LogP contribution in [0.4, 0.5) is 5.69 Å². The van der Waals surface area contributed by atoms with Crippen molar-refractivity contribution >= 4 is 5.69 Å². The maximum atomic E-state index is 6.34. The number of nitrogen functional groups attached to an aromatic ring is 1. The maximum Gasteiger partial charge on any atom is 0.124 e. The van der Waals surface area contributed by atoms with E-state index in [1.807, 2.05) is 30.3 Å². The number of anilines is 1. The van der Waals surface area contributed by atoms with Gasteiger partial charge in [-0.3, -0.25) is 0 Å². The molecular weight excluding hydrogens is 236 g/mol. The molecule has 0 aliphatic heterocycles. The van der Waals surface area contributed by atoms with Gasteiger partial charge >= 0.3 is 0 Å². The van der Waals surface area contributed by atoms with Gasteiger partial charge in [0.1, 0.15) is 5.75 Å². The van der Waals surface area contributed by atoms with E-state index in [1.165, 1.54) is 11.1 Å². The monoisotopic (exact) mass is 256 g/mol. The van der Waals surface area contributed by atoms with Gasteiger partial charge in [-0.05, 0) is 48.7 Å². The Morgan fingerprint density at radius 3 is 2.37 bits per heavy atom. The van der Waals surface area contributed by atoms with Gasteiger partial charge in [0.15, 0.2) is 0 Å². The van der Waals surface area contributed by atoms with Crippen LogP contribution in [0, 0.1) is 13.8 Å². The smallest absolute Gasteiger partial charge is 0.124 e. The molecule has 0 saturated carbocycles. The van der Waals surface area contributed by atoms with E-state index in [9.17, 15) is 0 Å². The summed E-state index contributed by atoms with van der Waals surface area (Å²) in [6.45, 7) is 4.14. The molecule has 0 bridgehead atoms. The number of aryl methyl sites for hydroxylation is 2. The summed E-state index contributed by atoms with van der Waals surface area (Å²) in [5.41, 5.74) is 17.2. The van der Waals surface area contributed by atoms with E-state index < -0.39 is 0 Å². The van der Waals surface area contributed by atoms with E-state index in [0.29, 0.717) is 0 Å². The molecule has 2 rings (SSSR count). The predicted molar refractivity (Wildman–Crippen MR) is 79.4 cm³/mol. The van der Waals surface area contributed by atoms with Crippen molar-refractivity contribution in [3.63, 3.8) is 0 Å². The van der Waals surface area contributed by atoms with Crippen LogP contribution in [-0.2, 0) is 0 Å². The highest BCUT2D eigenvalue weighted by Gasteiger charge is 2.15. The first-order valence-corrected chi connectivity index (χ1v) is 6.29. The summed E-state index contributed by atoms with van der Waals surface area (Å²) in [5, 5.41) is 0. The molecule has 0 saturated heterocycles. The van der Waals surface area contributed by atoms with Gasteiger partial charge in [0.25, 0.3) is 0 Å². The van der Waals surface area contributed by atoms with E-state index in [2.05, 4.69) is 19.9 Å². The Balaban J connectivity index is 2.49. The Bertz CT molecular complexity index is 593. The fraction of sp³-hybridized carbons (Fsp3) is 0.250. The van der Waals surface area contributed by atoms with Gasteiger partial charge in [0.05, 0.1) is 13.2 Å². The van der Waals surface area contributed by atoms with Gasteiger partial charge in [0, 0.05) is 11.3 Å². The van der Waals surface area contributed by atoms with Crippen molar-refractivity contribution in [3.05, 3.63) is 58.7 Å². The maximum absolute atomic E-state index is 6.34. The van der Waals surface area contributed by atoms with Crippen molar-refractivity contribution in [2.45, 2.75) is 19.9 Å². The zero-order chi connectivity index (χ0) is 14.0. The number of methoxy groups -OCH3 is 1. The molecule has 1 unspecified atom stereocenters. The highest BCUT2D eigenvalue weighted by Crippen LogP contribution is 2.31. The third kappa shape index (κ3) is 2.71. The van der Waals surface area contributed by atoms with Crippen molar-refractivity contribution < 1.29 is 4.74 Å². The van der Waals surface area contributed by atoms with Crippen LogP contribution < -0.4 is 16.2 Å². The molecule has 3 heteroatoms. The number of hydrogen-bond donors (Lipinski definition) is 2.